The Bertz CT molecular complexity index is 359. The summed E-state index contributed by atoms with van der Waals surface area (Å²) in [6.45, 7) is 19.0. The second-order valence-corrected chi connectivity index (χ2v) is 7.25. The summed E-state index contributed by atoms with van der Waals surface area (Å²) in [5.41, 5.74) is 0. The highest BCUT2D eigenvalue weighted by Gasteiger charge is 2.21. The van der Waals surface area contributed by atoms with Crippen LogP contribution < -0.4 is 10.6 Å². The number of hydrogen-bond donors (Lipinski definition) is 2. The van der Waals surface area contributed by atoms with E-state index in [2.05, 4.69) is 60.0 Å². The number of aliphatic imine (C=N–C) groups is 1. The van der Waals surface area contributed by atoms with Crippen molar-refractivity contribution in [2.75, 3.05) is 59.5 Å². The molecule has 0 saturated carbocycles. The lowest BCUT2D eigenvalue weighted by Gasteiger charge is -2.34. The van der Waals surface area contributed by atoms with Crippen LogP contribution in [-0.4, -0.2) is 87.4 Å². The van der Waals surface area contributed by atoms with Crippen LogP contribution in [-0.2, 0) is 4.74 Å². The predicted octanol–water partition coefficient (Wildman–Crippen LogP) is 1.24. The number of nitrogens with one attached hydrogen (secondary N) is 2. The number of morpholine rings is 1. The van der Waals surface area contributed by atoms with Gasteiger partial charge in [-0.3, -0.25) is 14.8 Å². The highest BCUT2D eigenvalue weighted by atomic mass is 16.5. The molecular formula is C18H39N5O. The Balaban J connectivity index is 2.28. The van der Waals surface area contributed by atoms with E-state index in [4.69, 9.17) is 4.74 Å². The molecule has 1 saturated heterocycles. The molecule has 0 bridgehead atoms. The first kappa shape index (κ1) is 21.2. The molecule has 6 nitrogen and oxygen atoms in total. The topological polar surface area (TPSA) is 52.1 Å². The number of rotatable bonds is 9. The molecule has 0 aromatic carbocycles. The zero-order valence-electron chi connectivity index (χ0n) is 16.6. The van der Waals surface area contributed by atoms with E-state index in [0.717, 1.165) is 58.4 Å². The van der Waals surface area contributed by atoms with Gasteiger partial charge in [-0.05, 0) is 26.3 Å². The number of nitrogens with zero attached hydrogens (tertiary/aromatic N) is 3. The average Bonchev–Trinajstić information content (AvgIpc) is 2.53. The molecule has 1 heterocycles. The van der Waals surface area contributed by atoms with Gasteiger partial charge < -0.3 is 15.4 Å². The van der Waals surface area contributed by atoms with Crippen LogP contribution in [0, 0.1) is 5.92 Å². The molecule has 6 heteroatoms. The van der Waals surface area contributed by atoms with Crippen LogP contribution in [0.25, 0.3) is 0 Å². The molecule has 1 fully saturated rings. The third-order valence-electron chi connectivity index (χ3n) is 4.39. The van der Waals surface area contributed by atoms with Gasteiger partial charge in [0.25, 0.3) is 0 Å². The summed E-state index contributed by atoms with van der Waals surface area (Å²) in [6.07, 6.45) is 0.235. The minimum Gasteiger partial charge on any atom is -0.374 e. The van der Waals surface area contributed by atoms with Gasteiger partial charge in [0.05, 0.1) is 12.7 Å². The van der Waals surface area contributed by atoms with Gasteiger partial charge >= 0.3 is 0 Å². The average molecular weight is 342 g/mol. The van der Waals surface area contributed by atoms with Crippen LogP contribution in [0.4, 0.5) is 0 Å². The van der Waals surface area contributed by atoms with Crippen LogP contribution in [0.5, 0.6) is 0 Å². The fourth-order valence-corrected chi connectivity index (χ4v) is 3.12. The Labute approximate surface area is 149 Å². The Kier molecular flexibility index (Phi) is 10.3. The fourth-order valence-electron chi connectivity index (χ4n) is 3.12. The molecule has 1 aliphatic rings. The van der Waals surface area contributed by atoms with Crippen molar-refractivity contribution in [3.8, 4) is 0 Å². The molecule has 0 aromatic rings. The second-order valence-electron chi connectivity index (χ2n) is 7.25. The van der Waals surface area contributed by atoms with Crippen molar-refractivity contribution in [1.29, 1.82) is 0 Å². The second kappa shape index (κ2) is 11.7. The zero-order chi connectivity index (χ0) is 17.9. The molecule has 2 N–H and O–H groups in total. The molecular weight excluding hydrogens is 302 g/mol. The van der Waals surface area contributed by atoms with Gasteiger partial charge in [-0.2, -0.15) is 0 Å². The monoisotopic (exact) mass is 341 g/mol. The van der Waals surface area contributed by atoms with Gasteiger partial charge in [-0.1, -0.05) is 20.8 Å². The van der Waals surface area contributed by atoms with Crippen molar-refractivity contribution in [1.82, 2.24) is 20.4 Å². The van der Waals surface area contributed by atoms with Crippen molar-refractivity contribution in [3.63, 3.8) is 0 Å². The van der Waals surface area contributed by atoms with Crippen molar-refractivity contribution in [2.24, 2.45) is 10.9 Å². The van der Waals surface area contributed by atoms with Crippen LogP contribution in [0.15, 0.2) is 4.99 Å². The van der Waals surface area contributed by atoms with E-state index in [-0.39, 0.29) is 6.10 Å². The molecule has 0 aromatic heterocycles. The summed E-state index contributed by atoms with van der Waals surface area (Å²) in [5, 5.41) is 6.80. The van der Waals surface area contributed by atoms with Crippen LogP contribution in [0.1, 0.15) is 34.6 Å². The number of guanidine groups is 1. The van der Waals surface area contributed by atoms with Crippen molar-refractivity contribution < 1.29 is 4.74 Å². The molecule has 142 valence electrons. The lowest BCUT2D eigenvalue weighted by atomic mass is 10.2. The summed E-state index contributed by atoms with van der Waals surface area (Å²) >= 11 is 0. The highest BCUT2D eigenvalue weighted by Crippen LogP contribution is 2.07. The molecule has 0 spiro atoms. The Hall–Kier alpha value is -0.850. The van der Waals surface area contributed by atoms with Crippen molar-refractivity contribution >= 4 is 5.96 Å². The summed E-state index contributed by atoms with van der Waals surface area (Å²) in [5.74, 6) is 1.56. The van der Waals surface area contributed by atoms with Gasteiger partial charge in [-0.25, -0.2) is 0 Å². The Morgan fingerprint density at radius 3 is 2.62 bits per heavy atom. The van der Waals surface area contributed by atoms with E-state index in [1.165, 1.54) is 0 Å². The summed E-state index contributed by atoms with van der Waals surface area (Å²) < 4.78 is 5.88. The summed E-state index contributed by atoms with van der Waals surface area (Å²) in [4.78, 5) is 9.25. The normalized spacial score (nSPS) is 20.2. The third kappa shape index (κ3) is 8.31. The first-order valence-electron chi connectivity index (χ1n) is 9.48. The molecule has 0 amide bonds. The maximum atomic E-state index is 5.88. The molecule has 0 radical (unpaired) electrons. The van der Waals surface area contributed by atoms with Crippen LogP contribution >= 0.6 is 0 Å². The quantitative estimate of drug-likeness (QED) is 0.488. The maximum absolute atomic E-state index is 5.88. The zero-order valence-corrected chi connectivity index (χ0v) is 16.6. The molecule has 1 unspecified atom stereocenters. The SMILES string of the molecule is CCN(CCNC(=NC)NCC1CN(CC(C)C)CCO1)C(C)C. The Morgan fingerprint density at radius 2 is 2.04 bits per heavy atom. The van der Waals surface area contributed by atoms with E-state index in [1.54, 1.807) is 0 Å². The molecule has 0 aliphatic carbocycles. The minimum absolute atomic E-state index is 0.235. The lowest BCUT2D eigenvalue weighted by molar-refractivity contribution is -0.0284. The summed E-state index contributed by atoms with van der Waals surface area (Å²) in [7, 11) is 1.82. The Morgan fingerprint density at radius 1 is 1.29 bits per heavy atom. The predicted molar refractivity (Wildman–Crippen MR) is 103 cm³/mol. The fraction of sp³-hybridized carbons (Fsp3) is 0.944. The molecule has 1 rings (SSSR count). The van der Waals surface area contributed by atoms with Crippen LogP contribution in [0.2, 0.25) is 0 Å². The van der Waals surface area contributed by atoms with Gasteiger partial charge in [0.15, 0.2) is 5.96 Å². The number of likely N-dealkylation sites (N-methyl/N-ethyl adjacent to an activating group) is 1. The molecule has 1 aliphatic heterocycles. The van der Waals surface area contributed by atoms with E-state index in [0.29, 0.717) is 12.0 Å². The minimum atomic E-state index is 0.235. The van der Waals surface area contributed by atoms with E-state index < -0.39 is 0 Å². The third-order valence-corrected chi connectivity index (χ3v) is 4.39. The molecule has 24 heavy (non-hydrogen) atoms. The smallest absolute Gasteiger partial charge is 0.191 e. The van der Waals surface area contributed by atoms with Gasteiger partial charge in [0.1, 0.15) is 0 Å². The van der Waals surface area contributed by atoms with Crippen molar-refractivity contribution in [2.45, 2.75) is 46.8 Å². The van der Waals surface area contributed by atoms with Crippen LogP contribution in [0.3, 0.4) is 0 Å². The molecule has 1 atom stereocenters. The van der Waals surface area contributed by atoms with E-state index in [9.17, 15) is 0 Å². The van der Waals surface area contributed by atoms with Gasteiger partial charge in [0.2, 0.25) is 0 Å². The largest absolute Gasteiger partial charge is 0.374 e. The van der Waals surface area contributed by atoms with Gasteiger partial charge in [0, 0.05) is 52.4 Å². The van der Waals surface area contributed by atoms with E-state index >= 15 is 0 Å². The highest BCUT2D eigenvalue weighted by molar-refractivity contribution is 5.79. The van der Waals surface area contributed by atoms with Gasteiger partial charge in [-0.15, -0.1) is 0 Å². The first-order valence-corrected chi connectivity index (χ1v) is 9.48. The standard InChI is InChI=1S/C18H39N5O/c1-7-23(16(4)5)9-8-20-18(19-6)21-12-17-14-22(10-11-24-17)13-15(2)3/h15-17H,7-14H2,1-6H3,(H2,19,20,21). The number of hydrogen-bond acceptors (Lipinski definition) is 4. The maximum Gasteiger partial charge on any atom is 0.191 e. The number of ether oxygens (including phenoxy) is 1. The van der Waals surface area contributed by atoms with Crippen molar-refractivity contribution in [3.05, 3.63) is 0 Å². The summed E-state index contributed by atoms with van der Waals surface area (Å²) in [6, 6.07) is 0.578. The lowest BCUT2D eigenvalue weighted by Crippen LogP contribution is -2.50. The van der Waals surface area contributed by atoms with E-state index in [1.807, 2.05) is 7.05 Å². The first-order chi connectivity index (χ1) is 11.5.